The number of alkyl halides is 4. The van der Waals surface area contributed by atoms with Crippen LogP contribution in [0.15, 0.2) is 40.9 Å². The van der Waals surface area contributed by atoms with Gasteiger partial charge in [-0.3, -0.25) is 0 Å². The average Bonchev–Trinajstić information content (AvgIpc) is 2.40. The van der Waals surface area contributed by atoms with Crippen LogP contribution >= 0.6 is 31.9 Å². The number of halogens is 7. The zero-order valence-electron chi connectivity index (χ0n) is 10.2. The Morgan fingerprint density at radius 1 is 0.905 bits per heavy atom. The first-order valence-corrected chi connectivity index (χ1v) is 7.36. The molecular formula is C14H7Br2F5. The molecule has 2 aromatic carbocycles. The molecule has 0 amide bonds. The molecule has 0 aliphatic rings. The highest BCUT2D eigenvalue weighted by Gasteiger charge is 2.35. The Bertz CT molecular complexity index is 667. The van der Waals surface area contributed by atoms with E-state index in [4.69, 9.17) is 0 Å². The zero-order valence-corrected chi connectivity index (χ0v) is 13.4. The first-order valence-electron chi connectivity index (χ1n) is 5.66. The lowest BCUT2D eigenvalue weighted by Gasteiger charge is -2.18. The van der Waals surface area contributed by atoms with Crippen molar-refractivity contribution in [3.8, 4) is 0 Å². The van der Waals surface area contributed by atoms with E-state index in [-0.39, 0.29) is 15.6 Å². The van der Waals surface area contributed by atoms with E-state index in [0.29, 0.717) is 0 Å². The average molecular weight is 430 g/mol. The third-order valence-corrected chi connectivity index (χ3v) is 4.30. The van der Waals surface area contributed by atoms with Crippen molar-refractivity contribution in [2.24, 2.45) is 0 Å². The van der Waals surface area contributed by atoms with Gasteiger partial charge >= 0.3 is 6.18 Å². The van der Waals surface area contributed by atoms with Crippen molar-refractivity contribution in [2.75, 3.05) is 0 Å². The van der Waals surface area contributed by atoms with E-state index >= 15 is 0 Å². The van der Waals surface area contributed by atoms with Crippen LogP contribution in [-0.4, -0.2) is 0 Å². The third-order valence-electron chi connectivity index (χ3n) is 2.82. The number of hydrogen-bond donors (Lipinski definition) is 0. The van der Waals surface area contributed by atoms with Gasteiger partial charge in [0, 0.05) is 10.0 Å². The monoisotopic (exact) mass is 428 g/mol. The fourth-order valence-electron chi connectivity index (χ4n) is 1.87. The summed E-state index contributed by atoms with van der Waals surface area (Å²) in [7, 11) is 0. The van der Waals surface area contributed by atoms with Gasteiger partial charge < -0.3 is 0 Å². The molecule has 112 valence electrons. The van der Waals surface area contributed by atoms with Gasteiger partial charge in [0.25, 0.3) is 0 Å². The maximum atomic E-state index is 13.7. The molecule has 0 N–H and O–H groups in total. The highest BCUT2D eigenvalue weighted by atomic mass is 79.9. The lowest BCUT2D eigenvalue weighted by Crippen LogP contribution is -2.11. The summed E-state index contributed by atoms with van der Waals surface area (Å²) in [6, 6.07) is 6.19. The first kappa shape index (κ1) is 16.4. The third kappa shape index (κ3) is 3.63. The SMILES string of the molecule is Fc1ccc(F)c(C(Br)c2ccc(Br)cc2C(F)(F)F)c1. The Labute approximate surface area is 134 Å². The summed E-state index contributed by atoms with van der Waals surface area (Å²) < 4.78 is 66.4. The van der Waals surface area contributed by atoms with Crippen molar-refractivity contribution >= 4 is 31.9 Å². The second-order valence-corrected chi connectivity index (χ2v) is 6.09. The van der Waals surface area contributed by atoms with E-state index < -0.39 is 28.2 Å². The van der Waals surface area contributed by atoms with Crippen LogP contribution < -0.4 is 0 Å². The minimum Gasteiger partial charge on any atom is -0.207 e. The summed E-state index contributed by atoms with van der Waals surface area (Å²) >= 11 is 6.00. The first-order chi connectivity index (χ1) is 9.70. The molecule has 0 aromatic heterocycles. The van der Waals surface area contributed by atoms with Crippen LogP contribution in [0, 0.1) is 11.6 Å². The largest absolute Gasteiger partial charge is 0.416 e. The highest BCUT2D eigenvalue weighted by Crippen LogP contribution is 2.42. The van der Waals surface area contributed by atoms with Gasteiger partial charge in [-0.1, -0.05) is 37.9 Å². The molecule has 0 fully saturated rings. The van der Waals surface area contributed by atoms with Crippen LogP contribution in [0.3, 0.4) is 0 Å². The quantitative estimate of drug-likeness (QED) is 0.392. The van der Waals surface area contributed by atoms with Crippen molar-refractivity contribution < 1.29 is 22.0 Å². The lowest BCUT2D eigenvalue weighted by molar-refractivity contribution is -0.138. The fraction of sp³-hybridized carbons (Fsp3) is 0.143. The van der Waals surface area contributed by atoms with Crippen molar-refractivity contribution in [2.45, 2.75) is 11.0 Å². The van der Waals surface area contributed by atoms with Crippen LogP contribution in [-0.2, 0) is 6.18 Å². The van der Waals surface area contributed by atoms with E-state index in [0.717, 1.165) is 24.3 Å². The van der Waals surface area contributed by atoms with Gasteiger partial charge in [0.05, 0.1) is 10.4 Å². The minimum atomic E-state index is -4.60. The molecule has 2 rings (SSSR count). The molecule has 1 unspecified atom stereocenters. The van der Waals surface area contributed by atoms with Gasteiger partial charge in [-0.25, -0.2) is 8.78 Å². The second kappa shape index (κ2) is 6.04. The van der Waals surface area contributed by atoms with E-state index in [1.165, 1.54) is 12.1 Å². The topological polar surface area (TPSA) is 0 Å². The zero-order chi connectivity index (χ0) is 15.8. The van der Waals surface area contributed by atoms with Gasteiger partial charge in [-0.15, -0.1) is 0 Å². The van der Waals surface area contributed by atoms with E-state index in [1.807, 2.05) is 0 Å². The Morgan fingerprint density at radius 2 is 1.57 bits per heavy atom. The summed E-state index contributed by atoms with van der Waals surface area (Å²) in [6.07, 6.45) is -4.60. The van der Waals surface area contributed by atoms with Crippen LogP contribution in [0.1, 0.15) is 21.5 Å². The van der Waals surface area contributed by atoms with Gasteiger partial charge in [-0.05, 0) is 35.9 Å². The molecule has 0 heterocycles. The van der Waals surface area contributed by atoms with Gasteiger partial charge in [0.1, 0.15) is 11.6 Å². The van der Waals surface area contributed by atoms with E-state index in [2.05, 4.69) is 31.9 Å². The molecule has 0 aliphatic heterocycles. The van der Waals surface area contributed by atoms with Crippen molar-refractivity contribution in [1.82, 2.24) is 0 Å². The van der Waals surface area contributed by atoms with Gasteiger partial charge in [0.15, 0.2) is 0 Å². The summed E-state index contributed by atoms with van der Waals surface area (Å²) in [5.41, 5.74) is -1.29. The Hall–Kier alpha value is -0.950. The molecule has 1 atom stereocenters. The van der Waals surface area contributed by atoms with E-state index in [9.17, 15) is 22.0 Å². The molecule has 2 aromatic rings. The standard InChI is InChI=1S/C14H7Br2F5/c15-7-1-3-9(11(5-7)14(19,20)21)13(16)10-6-8(17)2-4-12(10)18/h1-6,13H. The van der Waals surface area contributed by atoms with Gasteiger partial charge in [0.2, 0.25) is 0 Å². The minimum absolute atomic E-state index is 0.185. The van der Waals surface area contributed by atoms with Crippen LogP contribution in [0.2, 0.25) is 0 Å². The Morgan fingerprint density at radius 3 is 2.19 bits per heavy atom. The smallest absolute Gasteiger partial charge is 0.207 e. The second-order valence-electron chi connectivity index (χ2n) is 4.26. The molecule has 0 bridgehead atoms. The molecule has 0 saturated heterocycles. The Balaban J connectivity index is 2.58. The summed E-state index contributed by atoms with van der Waals surface area (Å²) in [5.74, 6) is -1.50. The molecule has 7 heteroatoms. The van der Waals surface area contributed by atoms with Crippen molar-refractivity contribution in [3.05, 3.63) is 69.2 Å². The molecule has 21 heavy (non-hydrogen) atoms. The van der Waals surface area contributed by atoms with E-state index in [1.54, 1.807) is 0 Å². The molecule has 0 aliphatic carbocycles. The molecule has 0 radical (unpaired) electrons. The van der Waals surface area contributed by atoms with Crippen molar-refractivity contribution in [1.29, 1.82) is 0 Å². The maximum absolute atomic E-state index is 13.7. The van der Waals surface area contributed by atoms with Crippen LogP contribution in [0.25, 0.3) is 0 Å². The van der Waals surface area contributed by atoms with Crippen LogP contribution in [0.4, 0.5) is 22.0 Å². The summed E-state index contributed by atoms with van der Waals surface area (Å²) in [4.78, 5) is -1.11. The fourth-order valence-corrected chi connectivity index (χ4v) is 2.98. The molecular weight excluding hydrogens is 423 g/mol. The summed E-state index contributed by atoms with van der Waals surface area (Å²) in [5, 5.41) is 0. The predicted octanol–water partition coefficient (Wildman–Crippen LogP) is 6.23. The number of benzene rings is 2. The number of rotatable bonds is 2. The normalized spacial score (nSPS) is 13.3. The molecule has 0 spiro atoms. The molecule has 0 nitrogen and oxygen atoms in total. The number of hydrogen-bond acceptors (Lipinski definition) is 0. The van der Waals surface area contributed by atoms with Crippen LogP contribution in [0.5, 0.6) is 0 Å². The maximum Gasteiger partial charge on any atom is 0.416 e. The molecule has 0 saturated carbocycles. The predicted molar refractivity (Wildman–Crippen MR) is 76.3 cm³/mol. The lowest BCUT2D eigenvalue weighted by atomic mass is 9.99. The Kier molecular flexibility index (Phi) is 4.72. The van der Waals surface area contributed by atoms with Gasteiger partial charge in [-0.2, -0.15) is 13.2 Å². The van der Waals surface area contributed by atoms with Crippen molar-refractivity contribution in [3.63, 3.8) is 0 Å². The summed E-state index contributed by atoms with van der Waals surface area (Å²) in [6.45, 7) is 0. The highest BCUT2D eigenvalue weighted by molar-refractivity contribution is 9.10.